The molecule has 0 aliphatic carbocycles. The molecular weight excluding hydrogens is 365 g/mol. The number of hydrogen-bond donors (Lipinski definition) is 1. The van der Waals surface area contributed by atoms with Gasteiger partial charge >= 0.3 is 0 Å². The van der Waals surface area contributed by atoms with E-state index in [1.165, 1.54) is 12.1 Å². The molecule has 0 atom stereocenters. The Balaban J connectivity index is 2.08. The van der Waals surface area contributed by atoms with Gasteiger partial charge in [-0.3, -0.25) is 14.7 Å². The van der Waals surface area contributed by atoms with E-state index in [0.29, 0.717) is 22.6 Å². The second-order valence-corrected chi connectivity index (χ2v) is 6.01. The fourth-order valence-electron chi connectivity index (χ4n) is 2.58. The summed E-state index contributed by atoms with van der Waals surface area (Å²) in [5.41, 5.74) is 7.19. The lowest BCUT2D eigenvalue weighted by Crippen LogP contribution is -2.41. The highest BCUT2D eigenvalue weighted by molar-refractivity contribution is 7.80. The summed E-state index contributed by atoms with van der Waals surface area (Å²) in [6, 6.07) is 16.1. The topological polar surface area (TPSA) is 68.5 Å². The van der Waals surface area contributed by atoms with Gasteiger partial charge in [0.1, 0.15) is 11.6 Å². The van der Waals surface area contributed by atoms with Crippen LogP contribution in [-0.4, -0.2) is 23.1 Å². The fraction of sp³-hybridized carbons (Fsp3) is 0.0500. The van der Waals surface area contributed by atoms with Gasteiger partial charge in [0.05, 0.1) is 18.5 Å². The predicted octanol–water partition coefficient (Wildman–Crippen LogP) is 3.79. The maximum Gasteiger partial charge on any atom is 0.264 e. The summed E-state index contributed by atoms with van der Waals surface area (Å²) in [6.45, 7) is 0. The van der Waals surface area contributed by atoms with Crippen LogP contribution in [0.2, 0.25) is 0 Å². The van der Waals surface area contributed by atoms with Crippen LogP contribution in [0.25, 0.3) is 11.3 Å². The lowest BCUT2D eigenvalue weighted by molar-refractivity contribution is 0.100. The van der Waals surface area contributed by atoms with Crippen molar-refractivity contribution in [2.24, 2.45) is 5.73 Å². The van der Waals surface area contributed by atoms with Gasteiger partial charge in [-0.1, -0.05) is 18.2 Å². The number of ether oxygens (including phenoxy) is 1. The first-order valence-electron chi connectivity index (χ1n) is 8.00. The molecular formula is C20H16FN3O2S. The molecule has 0 radical (unpaired) electrons. The van der Waals surface area contributed by atoms with Crippen molar-refractivity contribution in [3.63, 3.8) is 0 Å². The van der Waals surface area contributed by atoms with Crippen molar-refractivity contribution in [3.8, 4) is 17.0 Å². The lowest BCUT2D eigenvalue weighted by atomic mass is 10.1. The molecule has 0 unspecified atom stereocenters. The molecule has 0 saturated heterocycles. The third kappa shape index (κ3) is 3.93. The van der Waals surface area contributed by atoms with Crippen molar-refractivity contribution in [3.05, 3.63) is 78.2 Å². The first-order chi connectivity index (χ1) is 13.0. The Morgan fingerprint density at radius 1 is 1.15 bits per heavy atom. The molecule has 0 saturated carbocycles. The zero-order chi connectivity index (χ0) is 19.4. The Kier molecular flexibility index (Phi) is 5.42. The van der Waals surface area contributed by atoms with Crippen LogP contribution in [0, 0.1) is 5.82 Å². The van der Waals surface area contributed by atoms with Crippen molar-refractivity contribution >= 4 is 28.9 Å². The van der Waals surface area contributed by atoms with E-state index in [-0.39, 0.29) is 10.8 Å². The minimum Gasteiger partial charge on any atom is -0.497 e. The number of carbonyl (C=O) groups excluding carboxylic acids is 1. The molecule has 0 bridgehead atoms. The number of thiocarbonyl (C=S) groups is 1. The van der Waals surface area contributed by atoms with Crippen LogP contribution in [0.5, 0.6) is 5.75 Å². The number of halogens is 1. The fourth-order valence-corrected chi connectivity index (χ4v) is 2.76. The summed E-state index contributed by atoms with van der Waals surface area (Å²) >= 11 is 5.01. The van der Waals surface area contributed by atoms with Crippen molar-refractivity contribution in [2.75, 3.05) is 12.0 Å². The molecule has 136 valence electrons. The van der Waals surface area contributed by atoms with Crippen LogP contribution >= 0.6 is 12.2 Å². The number of pyridine rings is 1. The number of aromatic nitrogens is 1. The van der Waals surface area contributed by atoms with E-state index in [2.05, 4.69) is 4.98 Å². The van der Waals surface area contributed by atoms with Crippen LogP contribution in [-0.2, 0) is 0 Å². The molecule has 1 heterocycles. The number of nitrogens with zero attached hydrogens (tertiary/aromatic N) is 2. The number of rotatable bonds is 4. The van der Waals surface area contributed by atoms with Crippen molar-refractivity contribution < 1.29 is 13.9 Å². The van der Waals surface area contributed by atoms with Crippen LogP contribution in [0.1, 0.15) is 10.4 Å². The van der Waals surface area contributed by atoms with Crippen LogP contribution in [0.3, 0.4) is 0 Å². The molecule has 1 aromatic heterocycles. The molecule has 2 aromatic carbocycles. The minimum atomic E-state index is -0.626. The molecule has 1 amide bonds. The largest absolute Gasteiger partial charge is 0.497 e. The molecule has 27 heavy (non-hydrogen) atoms. The molecule has 0 aliphatic rings. The molecule has 0 spiro atoms. The number of anilines is 1. The van der Waals surface area contributed by atoms with Crippen LogP contribution in [0.4, 0.5) is 10.1 Å². The second-order valence-electron chi connectivity index (χ2n) is 5.59. The minimum absolute atomic E-state index is 0.0431. The predicted molar refractivity (Wildman–Crippen MR) is 106 cm³/mol. The number of nitrogens with two attached hydrogens (primary N) is 1. The number of hydrogen-bond acceptors (Lipinski definition) is 4. The monoisotopic (exact) mass is 381 g/mol. The van der Waals surface area contributed by atoms with Gasteiger partial charge in [0.2, 0.25) is 0 Å². The van der Waals surface area contributed by atoms with E-state index in [1.807, 2.05) is 0 Å². The van der Waals surface area contributed by atoms with Crippen LogP contribution < -0.4 is 15.4 Å². The van der Waals surface area contributed by atoms with E-state index in [0.717, 1.165) is 4.90 Å². The first-order valence-corrected chi connectivity index (χ1v) is 8.41. The molecule has 3 rings (SSSR count). The zero-order valence-corrected chi connectivity index (χ0v) is 15.2. The van der Waals surface area contributed by atoms with Crippen LogP contribution in [0.15, 0.2) is 66.9 Å². The molecule has 2 N–H and O–H groups in total. The smallest absolute Gasteiger partial charge is 0.264 e. The SMILES string of the molecule is COc1ccnc(-c2ccc(F)c(N(C(=O)c3ccccc3)C(N)=S)c2)c1. The van der Waals surface area contributed by atoms with Gasteiger partial charge < -0.3 is 10.5 Å². The van der Waals surface area contributed by atoms with Gasteiger partial charge in [0.15, 0.2) is 5.11 Å². The van der Waals surface area contributed by atoms with E-state index in [1.54, 1.807) is 61.8 Å². The van der Waals surface area contributed by atoms with Gasteiger partial charge in [-0.25, -0.2) is 4.39 Å². The molecule has 0 aliphatic heterocycles. The second kappa shape index (κ2) is 7.92. The highest BCUT2D eigenvalue weighted by atomic mass is 32.1. The molecule has 7 heteroatoms. The normalized spacial score (nSPS) is 10.3. The zero-order valence-electron chi connectivity index (χ0n) is 14.4. The summed E-state index contributed by atoms with van der Waals surface area (Å²) in [4.78, 5) is 18.1. The Morgan fingerprint density at radius 3 is 2.56 bits per heavy atom. The van der Waals surface area contributed by atoms with E-state index >= 15 is 0 Å². The maximum absolute atomic E-state index is 14.6. The van der Waals surface area contributed by atoms with Gasteiger partial charge in [0, 0.05) is 23.4 Å². The quantitative estimate of drug-likeness (QED) is 0.697. The summed E-state index contributed by atoms with van der Waals surface area (Å²) in [6.07, 6.45) is 1.58. The maximum atomic E-state index is 14.6. The molecule has 0 fully saturated rings. The highest BCUT2D eigenvalue weighted by Gasteiger charge is 2.24. The Hall–Kier alpha value is -3.32. The summed E-state index contributed by atoms with van der Waals surface area (Å²) in [5.74, 6) is -0.533. The van der Waals surface area contributed by atoms with E-state index in [4.69, 9.17) is 22.7 Å². The van der Waals surface area contributed by atoms with Crippen molar-refractivity contribution in [1.29, 1.82) is 0 Å². The number of benzene rings is 2. The number of carbonyl (C=O) groups is 1. The Labute approximate surface area is 161 Å². The highest BCUT2D eigenvalue weighted by Crippen LogP contribution is 2.29. The van der Waals surface area contributed by atoms with E-state index < -0.39 is 11.7 Å². The summed E-state index contributed by atoms with van der Waals surface area (Å²) in [5, 5.41) is -0.251. The average Bonchev–Trinajstić information content (AvgIpc) is 2.70. The molecule has 5 nitrogen and oxygen atoms in total. The Morgan fingerprint density at radius 2 is 1.89 bits per heavy atom. The number of methoxy groups -OCH3 is 1. The van der Waals surface area contributed by atoms with Gasteiger partial charge in [-0.05, 0) is 48.6 Å². The summed E-state index contributed by atoms with van der Waals surface area (Å²) in [7, 11) is 1.54. The van der Waals surface area contributed by atoms with Gasteiger partial charge in [-0.15, -0.1) is 0 Å². The van der Waals surface area contributed by atoms with Gasteiger partial charge in [-0.2, -0.15) is 0 Å². The summed E-state index contributed by atoms with van der Waals surface area (Å²) < 4.78 is 19.8. The van der Waals surface area contributed by atoms with Crippen molar-refractivity contribution in [1.82, 2.24) is 4.98 Å². The molecule has 3 aromatic rings. The van der Waals surface area contributed by atoms with Crippen molar-refractivity contribution in [2.45, 2.75) is 0 Å². The third-order valence-electron chi connectivity index (χ3n) is 3.89. The first kappa shape index (κ1) is 18.5. The third-order valence-corrected chi connectivity index (χ3v) is 4.08. The number of amides is 1. The lowest BCUT2D eigenvalue weighted by Gasteiger charge is -2.22. The Bertz CT molecular complexity index is 996. The standard InChI is InChI=1S/C20H16FN3O2S/c1-26-15-9-10-23-17(12-15)14-7-8-16(21)18(11-14)24(20(22)27)19(25)13-5-3-2-4-6-13/h2-12H,1H3,(H2,22,27). The average molecular weight is 381 g/mol. The van der Waals surface area contributed by atoms with E-state index in [9.17, 15) is 9.18 Å². The van der Waals surface area contributed by atoms with Gasteiger partial charge in [0.25, 0.3) is 5.91 Å².